The van der Waals surface area contributed by atoms with Crippen LogP contribution < -0.4 is 10.6 Å². The van der Waals surface area contributed by atoms with Crippen molar-refractivity contribution in [3.63, 3.8) is 0 Å². The first-order valence-electron chi connectivity index (χ1n) is 10.5. The number of halogens is 4. The van der Waals surface area contributed by atoms with Crippen molar-refractivity contribution in [1.82, 2.24) is 10.2 Å². The van der Waals surface area contributed by atoms with E-state index in [1.54, 1.807) is 18.2 Å². The minimum Gasteiger partial charge on any atom is -0.325 e. The van der Waals surface area contributed by atoms with Crippen molar-refractivity contribution in [2.45, 2.75) is 51.0 Å². The quantitative estimate of drug-likeness (QED) is 0.687. The number of fused-ring (bicyclic) bond motifs is 1. The molecule has 0 spiro atoms. The highest BCUT2D eigenvalue weighted by molar-refractivity contribution is 6.31. The van der Waals surface area contributed by atoms with Crippen LogP contribution in [0.5, 0.6) is 0 Å². The van der Waals surface area contributed by atoms with Crippen LogP contribution >= 0.6 is 11.6 Å². The lowest BCUT2D eigenvalue weighted by atomic mass is 9.94. The van der Waals surface area contributed by atoms with Gasteiger partial charge in [0.05, 0.1) is 11.6 Å². The summed E-state index contributed by atoms with van der Waals surface area (Å²) in [5.74, 6) is -0.0733. The highest BCUT2D eigenvalue weighted by Crippen LogP contribution is 2.36. The molecule has 0 aromatic heterocycles. The fourth-order valence-corrected chi connectivity index (χ4v) is 4.58. The van der Waals surface area contributed by atoms with Crippen molar-refractivity contribution >= 4 is 23.2 Å². The molecule has 0 bridgehead atoms. The smallest absolute Gasteiger partial charge is 0.325 e. The van der Waals surface area contributed by atoms with Gasteiger partial charge in [0, 0.05) is 30.3 Å². The lowest BCUT2D eigenvalue weighted by molar-refractivity contribution is -0.138. The molecular weight excluding hydrogens is 427 g/mol. The summed E-state index contributed by atoms with van der Waals surface area (Å²) in [4.78, 5) is 14.4. The van der Waals surface area contributed by atoms with E-state index in [0.29, 0.717) is 35.8 Å². The van der Waals surface area contributed by atoms with Crippen LogP contribution in [0.1, 0.15) is 41.5 Å². The second-order valence-electron chi connectivity index (χ2n) is 8.20. The Bertz CT molecular complexity index is 958. The number of alkyl halides is 3. The molecule has 0 radical (unpaired) electrons. The van der Waals surface area contributed by atoms with E-state index in [-0.39, 0.29) is 18.5 Å². The summed E-state index contributed by atoms with van der Waals surface area (Å²) in [5, 5.41) is 6.60. The number of anilines is 1. The summed E-state index contributed by atoms with van der Waals surface area (Å²) in [7, 11) is 0. The summed E-state index contributed by atoms with van der Waals surface area (Å²) in [6, 6.07) is 9.53. The van der Waals surface area contributed by atoms with Crippen LogP contribution in [0.3, 0.4) is 0 Å². The van der Waals surface area contributed by atoms with Gasteiger partial charge in [-0.25, -0.2) is 0 Å². The first kappa shape index (κ1) is 22.1. The molecule has 2 aromatic rings. The van der Waals surface area contributed by atoms with Crippen LogP contribution in [0.15, 0.2) is 36.4 Å². The monoisotopic (exact) mass is 451 g/mol. The fraction of sp³-hybridized carbons (Fsp3) is 0.435. The maximum absolute atomic E-state index is 13.4. The van der Waals surface area contributed by atoms with E-state index in [1.165, 1.54) is 6.07 Å². The van der Waals surface area contributed by atoms with Crippen molar-refractivity contribution in [3.8, 4) is 0 Å². The normalized spacial score (nSPS) is 19.7. The number of nitrogens with zero attached hydrogens (tertiary/aromatic N) is 1. The number of piperidine rings is 1. The summed E-state index contributed by atoms with van der Waals surface area (Å²) < 4.78 is 40.2. The van der Waals surface area contributed by atoms with Crippen molar-refractivity contribution in [2.75, 3.05) is 18.4 Å². The Balaban J connectivity index is 1.43. The molecule has 2 heterocycles. The molecule has 1 saturated heterocycles. The van der Waals surface area contributed by atoms with E-state index in [1.807, 2.05) is 11.0 Å². The molecule has 0 aliphatic carbocycles. The van der Waals surface area contributed by atoms with Crippen molar-refractivity contribution in [3.05, 3.63) is 63.7 Å². The molecule has 0 saturated carbocycles. The highest BCUT2D eigenvalue weighted by Gasteiger charge is 2.35. The van der Waals surface area contributed by atoms with E-state index in [4.69, 9.17) is 11.6 Å². The second-order valence-corrected chi connectivity index (χ2v) is 8.61. The van der Waals surface area contributed by atoms with Gasteiger partial charge in [0.2, 0.25) is 5.91 Å². The van der Waals surface area contributed by atoms with Crippen molar-refractivity contribution in [2.24, 2.45) is 0 Å². The Morgan fingerprint density at radius 3 is 2.77 bits per heavy atom. The number of nitrogens with one attached hydrogen (secondary N) is 2. The zero-order valence-corrected chi connectivity index (χ0v) is 17.8. The third kappa shape index (κ3) is 5.22. The fourth-order valence-electron chi connectivity index (χ4n) is 4.34. The van der Waals surface area contributed by atoms with Gasteiger partial charge in [0.1, 0.15) is 0 Å². The highest BCUT2D eigenvalue weighted by atomic mass is 35.5. The topological polar surface area (TPSA) is 44.4 Å². The second kappa shape index (κ2) is 9.18. The molecule has 31 heavy (non-hydrogen) atoms. The Kier molecular flexibility index (Phi) is 6.55. The van der Waals surface area contributed by atoms with E-state index >= 15 is 0 Å². The summed E-state index contributed by atoms with van der Waals surface area (Å²) in [6.07, 6.45) is -0.873. The van der Waals surface area contributed by atoms with Gasteiger partial charge in [-0.2, -0.15) is 13.2 Å². The van der Waals surface area contributed by atoms with Gasteiger partial charge >= 0.3 is 6.18 Å². The summed E-state index contributed by atoms with van der Waals surface area (Å²) in [5.41, 5.74) is 1.99. The molecule has 8 heteroatoms. The van der Waals surface area contributed by atoms with E-state index in [9.17, 15) is 18.0 Å². The minimum atomic E-state index is -4.36. The molecule has 1 atom stereocenters. The van der Waals surface area contributed by atoms with Gasteiger partial charge in [0.15, 0.2) is 0 Å². The first-order chi connectivity index (χ1) is 14.8. The molecule has 0 unspecified atom stereocenters. The Morgan fingerprint density at radius 1 is 1.23 bits per heavy atom. The van der Waals surface area contributed by atoms with E-state index in [0.717, 1.165) is 43.0 Å². The molecule has 4 rings (SSSR count). The van der Waals surface area contributed by atoms with Crippen LogP contribution in [0.2, 0.25) is 5.02 Å². The number of hydrogen-bond acceptors (Lipinski definition) is 3. The zero-order chi connectivity index (χ0) is 22.0. The predicted molar refractivity (Wildman–Crippen MR) is 115 cm³/mol. The van der Waals surface area contributed by atoms with Gasteiger partial charge in [-0.05, 0) is 60.7 Å². The summed E-state index contributed by atoms with van der Waals surface area (Å²) in [6.45, 7) is 2.18. The molecule has 4 nitrogen and oxygen atoms in total. The molecule has 2 aliphatic rings. The van der Waals surface area contributed by atoms with Crippen LogP contribution in [-0.2, 0) is 30.5 Å². The number of benzene rings is 2. The van der Waals surface area contributed by atoms with Crippen LogP contribution in [0.4, 0.5) is 18.9 Å². The Labute approximate surface area is 184 Å². The third-order valence-electron chi connectivity index (χ3n) is 6.00. The van der Waals surface area contributed by atoms with E-state index in [2.05, 4.69) is 10.6 Å². The first-order valence-corrected chi connectivity index (χ1v) is 10.9. The average Bonchev–Trinajstić information content (AvgIpc) is 2.75. The maximum Gasteiger partial charge on any atom is 0.416 e. The SMILES string of the molecule is O=C(Nc1ccc(CN2CCc3cccc(C(F)(F)F)c3C2)c(Cl)c1)[C@H]1CCCCN1. The molecular formula is C23H25ClF3N3O. The van der Waals surface area contributed by atoms with Crippen LogP contribution in [-0.4, -0.2) is 29.9 Å². The number of amides is 1. The molecule has 166 valence electrons. The molecule has 2 N–H and O–H groups in total. The van der Waals surface area contributed by atoms with Gasteiger partial charge in [-0.15, -0.1) is 0 Å². The van der Waals surface area contributed by atoms with Crippen molar-refractivity contribution < 1.29 is 18.0 Å². The van der Waals surface area contributed by atoms with Crippen LogP contribution in [0, 0.1) is 0 Å². The Morgan fingerprint density at radius 2 is 2.06 bits per heavy atom. The minimum absolute atomic E-state index is 0.0733. The lowest BCUT2D eigenvalue weighted by Gasteiger charge is -2.31. The third-order valence-corrected chi connectivity index (χ3v) is 6.35. The van der Waals surface area contributed by atoms with Crippen molar-refractivity contribution in [1.29, 1.82) is 0 Å². The maximum atomic E-state index is 13.4. The average molecular weight is 452 g/mol. The molecule has 2 aromatic carbocycles. The summed E-state index contributed by atoms with van der Waals surface area (Å²) >= 11 is 6.45. The standard InChI is InChI=1S/C23H25ClF3N3O/c24-20-12-17(29-22(31)21-6-1-2-10-28-21)8-7-16(20)13-30-11-9-15-4-3-5-19(18(15)14-30)23(25,26)27/h3-5,7-8,12,21,28H,1-2,6,9-11,13-14H2,(H,29,31)/t21-/m1/s1. The van der Waals surface area contributed by atoms with Crippen LogP contribution in [0.25, 0.3) is 0 Å². The van der Waals surface area contributed by atoms with Gasteiger partial charge in [-0.3, -0.25) is 9.69 Å². The largest absolute Gasteiger partial charge is 0.416 e. The van der Waals surface area contributed by atoms with E-state index < -0.39 is 11.7 Å². The molecule has 1 amide bonds. The number of carbonyl (C=O) groups excluding carboxylic acids is 1. The van der Waals surface area contributed by atoms with Gasteiger partial charge in [0.25, 0.3) is 0 Å². The number of carbonyl (C=O) groups is 1. The number of hydrogen-bond donors (Lipinski definition) is 2. The molecule has 1 fully saturated rings. The number of rotatable bonds is 4. The van der Waals surface area contributed by atoms with Gasteiger partial charge < -0.3 is 10.6 Å². The molecule has 2 aliphatic heterocycles. The lowest BCUT2D eigenvalue weighted by Crippen LogP contribution is -2.43. The Hall–Kier alpha value is -2.09. The predicted octanol–water partition coefficient (Wildman–Crippen LogP) is 5.00. The zero-order valence-electron chi connectivity index (χ0n) is 17.1. The van der Waals surface area contributed by atoms with Gasteiger partial charge in [-0.1, -0.05) is 36.2 Å².